The highest BCUT2D eigenvalue weighted by Gasteiger charge is 2.22. The van der Waals surface area contributed by atoms with Gasteiger partial charge in [0.1, 0.15) is 11.6 Å². The SMILES string of the molecule is CCn1c(C2CCCCC2)nc(C)c1N. The molecular formula is C12H21N3. The number of hydrogen-bond acceptors (Lipinski definition) is 2. The van der Waals surface area contributed by atoms with Gasteiger partial charge in [0.05, 0.1) is 5.69 Å². The highest BCUT2D eigenvalue weighted by molar-refractivity contribution is 5.38. The summed E-state index contributed by atoms with van der Waals surface area (Å²) in [6, 6.07) is 0. The van der Waals surface area contributed by atoms with Gasteiger partial charge in [0, 0.05) is 12.5 Å². The summed E-state index contributed by atoms with van der Waals surface area (Å²) in [5.74, 6) is 2.74. The first-order chi connectivity index (χ1) is 7.24. The molecule has 0 radical (unpaired) electrons. The molecule has 3 nitrogen and oxygen atoms in total. The maximum atomic E-state index is 6.02. The van der Waals surface area contributed by atoms with E-state index in [0.717, 1.165) is 18.1 Å². The molecule has 1 aliphatic rings. The lowest BCUT2D eigenvalue weighted by molar-refractivity contribution is 0.417. The van der Waals surface area contributed by atoms with Crippen LogP contribution in [0, 0.1) is 6.92 Å². The summed E-state index contributed by atoms with van der Waals surface area (Å²) in [5.41, 5.74) is 7.02. The fraction of sp³-hybridized carbons (Fsp3) is 0.750. The molecule has 0 saturated heterocycles. The van der Waals surface area contributed by atoms with Crippen LogP contribution in [0.1, 0.15) is 56.5 Å². The van der Waals surface area contributed by atoms with Crippen LogP contribution in [0.5, 0.6) is 0 Å². The smallest absolute Gasteiger partial charge is 0.126 e. The van der Waals surface area contributed by atoms with Crippen molar-refractivity contribution in [2.45, 2.75) is 58.4 Å². The summed E-state index contributed by atoms with van der Waals surface area (Å²) in [4.78, 5) is 4.64. The first-order valence-corrected chi connectivity index (χ1v) is 6.06. The molecule has 1 saturated carbocycles. The van der Waals surface area contributed by atoms with Gasteiger partial charge in [0.15, 0.2) is 0 Å². The average molecular weight is 207 g/mol. The summed E-state index contributed by atoms with van der Waals surface area (Å²) in [7, 11) is 0. The van der Waals surface area contributed by atoms with E-state index >= 15 is 0 Å². The van der Waals surface area contributed by atoms with Crippen molar-refractivity contribution in [3.63, 3.8) is 0 Å². The second kappa shape index (κ2) is 4.25. The summed E-state index contributed by atoms with van der Waals surface area (Å²) < 4.78 is 2.19. The van der Waals surface area contributed by atoms with Gasteiger partial charge in [0.25, 0.3) is 0 Å². The minimum Gasteiger partial charge on any atom is -0.384 e. The fourth-order valence-corrected chi connectivity index (χ4v) is 2.61. The Morgan fingerprint density at radius 2 is 2.00 bits per heavy atom. The Morgan fingerprint density at radius 1 is 1.33 bits per heavy atom. The lowest BCUT2D eigenvalue weighted by Gasteiger charge is -2.21. The molecule has 0 amide bonds. The van der Waals surface area contributed by atoms with Crippen molar-refractivity contribution in [3.8, 4) is 0 Å². The normalized spacial score (nSPS) is 18.3. The van der Waals surface area contributed by atoms with E-state index in [2.05, 4.69) is 16.5 Å². The summed E-state index contributed by atoms with van der Waals surface area (Å²) in [6.07, 6.45) is 6.66. The number of rotatable bonds is 2. The Labute approximate surface area is 91.7 Å². The standard InChI is InChI=1S/C12H21N3/c1-3-15-11(13)9(2)14-12(15)10-7-5-4-6-8-10/h10H,3-8,13H2,1-2H3. The Balaban J connectivity index is 2.29. The Hall–Kier alpha value is -0.990. The van der Waals surface area contributed by atoms with Gasteiger partial charge in [-0.05, 0) is 26.7 Å². The topological polar surface area (TPSA) is 43.8 Å². The lowest BCUT2D eigenvalue weighted by Crippen LogP contribution is -2.12. The summed E-state index contributed by atoms with van der Waals surface area (Å²) >= 11 is 0. The van der Waals surface area contributed by atoms with Crippen molar-refractivity contribution < 1.29 is 0 Å². The van der Waals surface area contributed by atoms with Gasteiger partial charge in [-0.15, -0.1) is 0 Å². The van der Waals surface area contributed by atoms with Crippen LogP contribution in [0.3, 0.4) is 0 Å². The van der Waals surface area contributed by atoms with Crippen molar-refractivity contribution >= 4 is 5.82 Å². The van der Waals surface area contributed by atoms with Crippen molar-refractivity contribution in [2.75, 3.05) is 5.73 Å². The largest absolute Gasteiger partial charge is 0.384 e. The van der Waals surface area contributed by atoms with Crippen molar-refractivity contribution in [1.29, 1.82) is 0 Å². The number of aryl methyl sites for hydroxylation is 1. The Morgan fingerprint density at radius 3 is 2.60 bits per heavy atom. The van der Waals surface area contributed by atoms with Gasteiger partial charge >= 0.3 is 0 Å². The number of hydrogen-bond donors (Lipinski definition) is 1. The highest BCUT2D eigenvalue weighted by atomic mass is 15.1. The van der Waals surface area contributed by atoms with Crippen LogP contribution < -0.4 is 5.73 Å². The third-order valence-corrected chi connectivity index (χ3v) is 3.51. The lowest BCUT2D eigenvalue weighted by atomic mass is 9.88. The molecule has 0 aliphatic heterocycles. The number of aromatic nitrogens is 2. The Kier molecular flexibility index (Phi) is 2.98. The molecule has 1 fully saturated rings. The van der Waals surface area contributed by atoms with Crippen molar-refractivity contribution in [3.05, 3.63) is 11.5 Å². The van der Waals surface area contributed by atoms with Crippen molar-refractivity contribution in [2.24, 2.45) is 0 Å². The molecule has 0 unspecified atom stereocenters. The van der Waals surface area contributed by atoms with Gasteiger partial charge in [-0.3, -0.25) is 0 Å². The van der Waals surface area contributed by atoms with Crippen LogP contribution >= 0.6 is 0 Å². The van der Waals surface area contributed by atoms with E-state index in [1.54, 1.807) is 0 Å². The molecule has 1 aromatic heterocycles. The molecule has 3 heteroatoms. The molecule has 84 valence electrons. The van der Waals surface area contributed by atoms with Crippen LogP contribution in [-0.4, -0.2) is 9.55 Å². The van der Waals surface area contributed by atoms with Gasteiger partial charge in [-0.2, -0.15) is 0 Å². The van der Waals surface area contributed by atoms with E-state index < -0.39 is 0 Å². The predicted molar refractivity (Wildman–Crippen MR) is 62.9 cm³/mol. The minimum atomic E-state index is 0.648. The van der Waals surface area contributed by atoms with Gasteiger partial charge < -0.3 is 10.3 Å². The number of anilines is 1. The van der Waals surface area contributed by atoms with E-state index in [1.165, 1.54) is 37.9 Å². The zero-order valence-electron chi connectivity index (χ0n) is 9.79. The van der Waals surface area contributed by atoms with Gasteiger partial charge in [-0.25, -0.2) is 4.98 Å². The molecule has 1 aromatic rings. The fourth-order valence-electron chi connectivity index (χ4n) is 2.61. The van der Waals surface area contributed by atoms with Crippen LogP contribution in [-0.2, 0) is 6.54 Å². The number of nitrogen functional groups attached to an aromatic ring is 1. The number of nitrogens with two attached hydrogens (primary N) is 1. The first kappa shape index (κ1) is 10.5. The van der Waals surface area contributed by atoms with E-state index in [1.807, 2.05) is 6.92 Å². The summed E-state index contributed by atoms with van der Waals surface area (Å²) in [6.45, 7) is 5.09. The molecule has 0 bridgehead atoms. The number of nitrogens with zero attached hydrogens (tertiary/aromatic N) is 2. The van der Waals surface area contributed by atoms with E-state index in [9.17, 15) is 0 Å². The van der Waals surface area contributed by atoms with Crippen LogP contribution in [0.25, 0.3) is 0 Å². The second-order valence-corrected chi connectivity index (χ2v) is 4.52. The molecule has 2 N–H and O–H groups in total. The van der Waals surface area contributed by atoms with E-state index in [-0.39, 0.29) is 0 Å². The maximum Gasteiger partial charge on any atom is 0.126 e. The predicted octanol–water partition coefficient (Wildman–Crippen LogP) is 2.84. The monoisotopic (exact) mass is 207 g/mol. The molecule has 0 spiro atoms. The third-order valence-electron chi connectivity index (χ3n) is 3.51. The molecule has 15 heavy (non-hydrogen) atoms. The third kappa shape index (κ3) is 1.87. The first-order valence-electron chi connectivity index (χ1n) is 6.06. The Bertz CT molecular complexity index is 335. The number of imidazole rings is 1. The minimum absolute atomic E-state index is 0.648. The maximum absolute atomic E-state index is 6.02. The molecular weight excluding hydrogens is 186 g/mol. The van der Waals surface area contributed by atoms with Gasteiger partial charge in [0.2, 0.25) is 0 Å². The molecule has 1 aliphatic carbocycles. The molecule has 0 aromatic carbocycles. The summed E-state index contributed by atoms with van der Waals surface area (Å²) in [5, 5.41) is 0. The van der Waals surface area contributed by atoms with E-state index in [0.29, 0.717) is 5.92 Å². The van der Waals surface area contributed by atoms with E-state index in [4.69, 9.17) is 5.73 Å². The zero-order valence-corrected chi connectivity index (χ0v) is 9.79. The second-order valence-electron chi connectivity index (χ2n) is 4.52. The van der Waals surface area contributed by atoms with Crippen LogP contribution in [0.2, 0.25) is 0 Å². The molecule has 0 atom stereocenters. The van der Waals surface area contributed by atoms with Crippen molar-refractivity contribution in [1.82, 2.24) is 9.55 Å². The molecule has 1 heterocycles. The van der Waals surface area contributed by atoms with Crippen LogP contribution in [0.4, 0.5) is 5.82 Å². The van der Waals surface area contributed by atoms with Gasteiger partial charge in [-0.1, -0.05) is 19.3 Å². The molecule has 2 rings (SSSR count). The van der Waals surface area contributed by atoms with Crippen LogP contribution in [0.15, 0.2) is 0 Å². The zero-order chi connectivity index (χ0) is 10.8. The quantitative estimate of drug-likeness (QED) is 0.810. The highest BCUT2D eigenvalue weighted by Crippen LogP contribution is 2.33. The average Bonchev–Trinajstić information content (AvgIpc) is 2.56.